The van der Waals surface area contributed by atoms with Crippen LogP contribution in [0.2, 0.25) is 0 Å². The molecule has 0 saturated carbocycles. The Bertz CT molecular complexity index is 660. The van der Waals surface area contributed by atoms with E-state index in [4.69, 9.17) is 0 Å². The van der Waals surface area contributed by atoms with Crippen molar-refractivity contribution in [2.45, 2.75) is 11.7 Å². The maximum atomic E-state index is 13.9. The Kier molecular flexibility index (Phi) is 4.78. The van der Waals surface area contributed by atoms with Gasteiger partial charge < -0.3 is 4.90 Å². The van der Waals surface area contributed by atoms with Gasteiger partial charge in [0.05, 0.1) is 5.56 Å². The summed E-state index contributed by atoms with van der Waals surface area (Å²) in [6.07, 6.45) is 0.626. The average Bonchev–Trinajstić information content (AvgIpc) is 2.94. The van der Waals surface area contributed by atoms with Crippen LogP contribution in [-0.2, 0) is 0 Å². The quantitative estimate of drug-likeness (QED) is 0.811. The van der Waals surface area contributed by atoms with Gasteiger partial charge in [0.25, 0.3) is 5.91 Å². The number of amides is 1. The summed E-state index contributed by atoms with van der Waals surface area (Å²) < 4.78 is 27.3. The predicted molar refractivity (Wildman–Crippen MR) is 86.4 cm³/mol. The number of halogens is 2. The fraction of sp³-hybridized carbons (Fsp3) is 0.312. The van der Waals surface area contributed by atoms with Crippen LogP contribution < -0.4 is 0 Å². The van der Waals surface area contributed by atoms with Crippen molar-refractivity contribution >= 4 is 29.0 Å². The number of thiophene rings is 1. The van der Waals surface area contributed by atoms with Crippen molar-refractivity contribution < 1.29 is 13.6 Å². The molecule has 1 aromatic heterocycles. The van der Waals surface area contributed by atoms with Crippen LogP contribution in [-0.4, -0.2) is 29.6 Å². The van der Waals surface area contributed by atoms with E-state index in [2.05, 4.69) is 0 Å². The Morgan fingerprint density at radius 3 is 2.86 bits per heavy atom. The van der Waals surface area contributed by atoms with Crippen LogP contribution >= 0.6 is 23.1 Å². The molecule has 1 saturated heterocycles. The highest BCUT2D eigenvalue weighted by molar-refractivity contribution is 7.99. The summed E-state index contributed by atoms with van der Waals surface area (Å²) in [5.74, 6) is -0.0672. The second kappa shape index (κ2) is 6.79. The van der Waals surface area contributed by atoms with Crippen molar-refractivity contribution in [3.8, 4) is 0 Å². The van der Waals surface area contributed by atoms with Crippen molar-refractivity contribution in [3.63, 3.8) is 0 Å². The minimum atomic E-state index is -0.424. The van der Waals surface area contributed by atoms with Crippen LogP contribution in [0.25, 0.3) is 0 Å². The lowest BCUT2D eigenvalue weighted by Crippen LogP contribution is -2.32. The summed E-state index contributed by atoms with van der Waals surface area (Å²) in [6.45, 7) is 1.19. The van der Waals surface area contributed by atoms with Gasteiger partial charge >= 0.3 is 0 Å². The molecule has 0 spiro atoms. The number of thioether (sulfide) groups is 1. The molecule has 0 aliphatic carbocycles. The van der Waals surface area contributed by atoms with Gasteiger partial charge in [-0.25, -0.2) is 8.78 Å². The van der Waals surface area contributed by atoms with E-state index in [1.165, 1.54) is 23.5 Å². The normalized spacial score (nSPS) is 19.0. The largest absolute Gasteiger partial charge is 0.338 e. The number of benzene rings is 1. The second-order valence-corrected chi connectivity index (χ2v) is 7.21. The first kappa shape index (κ1) is 15.5. The van der Waals surface area contributed by atoms with E-state index in [-0.39, 0.29) is 17.0 Å². The lowest BCUT2D eigenvalue weighted by molar-refractivity contribution is 0.0767. The molecule has 0 radical (unpaired) electrons. The van der Waals surface area contributed by atoms with Crippen LogP contribution in [0.4, 0.5) is 8.78 Å². The van der Waals surface area contributed by atoms with Gasteiger partial charge in [0.2, 0.25) is 0 Å². The maximum Gasteiger partial charge on any atom is 0.254 e. The van der Waals surface area contributed by atoms with Crippen LogP contribution in [0.5, 0.6) is 0 Å². The highest BCUT2D eigenvalue weighted by atomic mass is 32.2. The molecule has 6 heteroatoms. The van der Waals surface area contributed by atoms with Gasteiger partial charge in [-0.15, -0.1) is 0 Å². The van der Waals surface area contributed by atoms with E-state index < -0.39 is 5.82 Å². The zero-order valence-corrected chi connectivity index (χ0v) is 13.4. The highest BCUT2D eigenvalue weighted by Crippen LogP contribution is 2.36. The average molecular weight is 339 g/mol. The monoisotopic (exact) mass is 339 g/mol. The molecule has 0 unspecified atom stereocenters. The van der Waals surface area contributed by atoms with Gasteiger partial charge in [0.15, 0.2) is 0 Å². The molecule has 1 aliphatic rings. The van der Waals surface area contributed by atoms with Gasteiger partial charge in [-0.3, -0.25) is 4.79 Å². The molecule has 116 valence electrons. The van der Waals surface area contributed by atoms with Crippen LogP contribution in [0.1, 0.15) is 27.6 Å². The Balaban J connectivity index is 1.72. The highest BCUT2D eigenvalue weighted by Gasteiger charge is 2.24. The summed E-state index contributed by atoms with van der Waals surface area (Å²) in [4.78, 5) is 14.2. The van der Waals surface area contributed by atoms with Gasteiger partial charge in [-0.2, -0.15) is 23.1 Å². The van der Waals surface area contributed by atoms with E-state index in [1.807, 2.05) is 16.8 Å². The van der Waals surface area contributed by atoms with Gasteiger partial charge in [0, 0.05) is 35.0 Å². The Morgan fingerprint density at radius 2 is 2.09 bits per heavy atom. The van der Waals surface area contributed by atoms with Crippen LogP contribution in [0, 0.1) is 11.6 Å². The zero-order chi connectivity index (χ0) is 15.5. The van der Waals surface area contributed by atoms with E-state index in [0.29, 0.717) is 30.6 Å². The first-order valence-electron chi connectivity index (χ1n) is 7.03. The third-order valence-electron chi connectivity index (χ3n) is 3.70. The number of nitrogens with zero attached hydrogens (tertiary/aromatic N) is 1. The first-order valence-corrected chi connectivity index (χ1v) is 9.02. The molecule has 22 heavy (non-hydrogen) atoms. The van der Waals surface area contributed by atoms with Crippen molar-refractivity contribution in [1.82, 2.24) is 4.90 Å². The van der Waals surface area contributed by atoms with Gasteiger partial charge in [-0.05, 0) is 36.1 Å². The molecule has 0 N–H and O–H groups in total. The summed E-state index contributed by atoms with van der Waals surface area (Å²) >= 11 is 3.07. The molecule has 1 amide bonds. The van der Waals surface area contributed by atoms with Crippen molar-refractivity contribution in [3.05, 3.63) is 57.8 Å². The molecule has 2 nitrogen and oxygen atoms in total. The predicted octanol–water partition coefficient (Wildman–Crippen LogP) is 4.35. The number of rotatable bonds is 2. The van der Waals surface area contributed by atoms with Gasteiger partial charge in [0.1, 0.15) is 11.6 Å². The summed E-state index contributed by atoms with van der Waals surface area (Å²) in [5.41, 5.74) is 1.10. The molecular weight excluding hydrogens is 324 g/mol. The number of hydrogen-bond acceptors (Lipinski definition) is 3. The molecule has 1 aromatic carbocycles. The van der Waals surface area contributed by atoms with E-state index in [0.717, 1.165) is 11.8 Å². The summed E-state index contributed by atoms with van der Waals surface area (Å²) in [7, 11) is 0. The van der Waals surface area contributed by atoms with Crippen LogP contribution in [0.3, 0.4) is 0 Å². The first-order chi connectivity index (χ1) is 10.6. The number of hydrogen-bond donors (Lipinski definition) is 0. The Morgan fingerprint density at radius 1 is 1.23 bits per heavy atom. The summed E-state index contributed by atoms with van der Waals surface area (Å²) in [5, 5.41) is 3.60. The topological polar surface area (TPSA) is 20.3 Å². The third-order valence-corrected chi connectivity index (χ3v) is 5.70. The molecule has 2 heterocycles. The lowest BCUT2D eigenvalue weighted by atomic mass is 10.1. The fourth-order valence-corrected chi connectivity index (χ4v) is 4.42. The van der Waals surface area contributed by atoms with Crippen molar-refractivity contribution in [1.29, 1.82) is 0 Å². The molecule has 1 fully saturated rings. The number of carbonyl (C=O) groups is 1. The molecule has 1 aliphatic heterocycles. The minimum absolute atomic E-state index is 0.0159. The van der Waals surface area contributed by atoms with E-state index in [1.54, 1.807) is 16.7 Å². The van der Waals surface area contributed by atoms with E-state index >= 15 is 0 Å². The van der Waals surface area contributed by atoms with Gasteiger partial charge in [-0.1, -0.05) is 0 Å². The van der Waals surface area contributed by atoms with E-state index in [9.17, 15) is 13.6 Å². The molecular formula is C16H15F2NOS2. The minimum Gasteiger partial charge on any atom is -0.338 e. The fourth-order valence-electron chi connectivity index (χ4n) is 2.55. The second-order valence-electron chi connectivity index (χ2n) is 5.12. The molecule has 2 aromatic rings. The lowest BCUT2D eigenvalue weighted by Gasteiger charge is -2.19. The third kappa shape index (κ3) is 3.33. The molecule has 1 atom stereocenters. The number of carbonyl (C=O) groups excluding carboxylic acids is 1. The van der Waals surface area contributed by atoms with Crippen LogP contribution in [0.15, 0.2) is 35.0 Å². The van der Waals surface area contributed by atoms with Crippen molar-refractivity contribution in [2.75, 3.05) is 18.8 Å². The smallest absolute Gasteiger partial charge is 0.254 e. The SMILES string of the molecule is O=C(c1ccsc1)N1CCS[C@H](c2cc(F)ccc2F)CC1. The van der Waals surface area contributed by atoms with Crippen molar-refractivity contribution in [2.24, 2.45) is 0 Å². The maximum absolute atomic E-state index is 13.9. The molecule has 0 bridgehead atoms. The summed E-state index contributed by atoms with van der Waals surface area (Å²) in [6, 6.07) is 5.38. The Labute approximate surface area is 136 Å². The standard InChI is InChI=1S/C16H15F2NOS2/c17-12-1-2-14(18)13(9-12)15-3-5-19(6-8-22-15)16(20)11-4-7-21-10-11/h1-2,4,7,9-10,15H,3,5-6,8H2/t15-/m0/s1. The molecule has 3 rings (SSSR count). The Hall–Kier alpha value is -1.40. The zero-order valence-electron chi connectivity index (χ0n) is 11.8.